The number of hydrogen-bond donors (Lipinski definition) is 1. The monoisotopic (exact) mass is 338 g/mol. The lowest BCUT2D eigenvalue weighted by Crippen LogP contribution is -2.40. The van der Waals surface area contributed by atoms with Crippen molar-refractivity contribution in [2.75, 3.05) is 0 Å². The van der Waals surface area contributed by atoms with Gasteiger partial charge < -0.3 is 9.84 Å². The van der Waals surface area contributed by atoms with Gasteiger partial charge in [0.1, 0.15) is 0 Å². The number of rotatable bonds is 2. The van der Waals surface area contributed by atoms with Crippen molar-refractivity contribution < 1.29 is 9.84 Å². The van der Waals surface area contributed by atoms with E-state index < -0.39 is 0 Å². The maximum absolute atomic E-state index is 10.5. The van der Waals surface area contributed by atoms with Crippen molar-refractivity contribution in [1.82, 2.24) is 0 Å². The summed E-state index contributed by atoms with van der Waals surface area (Å²) in [5.41, 5.74) is 0. The van der Waals surface area contributed by atoms with E-state index in [9.17, 15) is 5.11 Å². The summed E-state index contributed by atoms with van der Waals surface area (Å²) >= 11 is 0. The van der Waals surface area contributed by atoms with Crippen molar-refractivity contribution in [1.29, 1.82) is 0 Å². The van der Waals surface area contributed by atoms with Gasteiger partial charge in [-0.15, -0.1) is 0 Å². The molecular formula is C22H42O2. The molecule has 1 N–H and O–H groups in total. The second-order valence-corrected chi connectivity index (χ2v) is 8.52. The molecule has 3 atom stereocenters. The minimum Gasteiger partial charge on any atom is -0.390 e. The van der Waals surface area contributed by atoms with Crippen LogP contribution >= 0.6 is 0 Å². The van der Waals surface area contributed by atoms with Crippen LogP contribution in [0.3, 0.4) is 0 Å². The molecule has 0 spiro atoms. The Morgan fingerprint density at radius 1 is 0.583 bits per heavy atom. The topological polar surface area (TPSA) is 29.5 Å². The Balaban J connectivity index is 1.77. The van der Waals surface area contributed by atoms with Crippen LogP contribution in [0, 0.1) is 5.92 Å². The Morgan fingerprint density at radius 3 is 1.54 bits per heavy atom. The molecule has 2 unspecified atom stereocenters. The first-order valence-electron chi connectivity index (χ1n) is 11.1. The molecule has 2 nitrogen and oxygen atoms in total. The van der Waals surface area contributed by atoms with E-state index in [0.29, 0.717) is 12.0 Å². The highest BCUT2D eigenvalue weighted by Crippen LogP contribution is 2.29. The van der Waals surface area contributed by atoms with E-state index in [4.69, 9.17) is 4.74 Å². The van der Waals surface area contributed by atoms with E-state index >= 15 is 0 Å². The third kappa shape index (κ3) is 7.87. The van der Waals surface area contributed by atoms with E-state index in [2.05, 4.69) is 6.92 Å². The maximum Gasteiger partial charge on any atom is 0.0840 e. The van der Waals surface area contributed by atoms with Crippen LogP contribution in [0.4, 0.5) is 0 Å². The zero-order valence-electron chi connectivity index (χ0n) is 16.2. The van der Waals surface area contributed by atoms with Crippen LogP contribution in [0.2, 0.25) is 0 Å². The Morgan fingerprint density at radius 2 is 1.04 bits per heavy atom. The Labute approximate surface area is 150 Å². The lowest BCUT2D eigenvalue weighted by Gasteiger charge is -2.35. The molecule has 0 aromatic heterocycles. The summed E-state index contributed by atoms with van der Waals surface area (Å²) in [6, 6.07) is 0. The van der Waals surface area contributed by atoms with Crippen LogP contribution in [-0.4, -0.2) is 23.4 Å². The van der Waals surface area contributed by atoms with Crippen molar-refractivity contribution in [3.63, 3.8) is 0 Å². The molecular weight excluding hydrogens is 296 g/mol. The third-order valence-corrected chi connectivity index (χ3v) is 6.28. The van der Waals surface area contributed by atoms with Crippen LogP contribution in [0.15, 0.2) is 0 Å². The van der Waals surface area contributed by atoms with Crippen LogP contribution in [0.5, 0.6) is 0 Å². The molecule has 0 aromatic carbocycles. The molecule has 2 aliphatic rings. The normalized spacial score (nSPS) is 33.5. The number of aliphatic hydroxyl groups is 1. The molecule has 0 amide bonds. The molecule has 142 valence electrons. The number of aliphatic hydroxyl groups excluding tert-OH is 1. The highest BCUT2D eigenvalue weighted by molar-refractivity contribution is 4.81. The van der Waals surface area contributed by atoms with Crippen molar-refractivity contribution in [3.05, 3.63) is 0 Å². The molecule has 0 heterocycles. The molecule has 0 aromatic rings. The molecule has 24 heavy (non-hydrogen) atoms. The van der Waals surface area contributed by atoms with Crippen LogP contribution in [-0.2, 0) is 4.74 Å². The minimum absolute atomic E-state index is 0.0980. The SMILES string of the molecule is CC1CCCC(OC2CCCCCCCCCCCCCC2)[C@@H]1O. The van der Waals surface area contributed by atoms with Gasteiger partial charge in [0.2, 0.25) is 0 Å². The van der Waals surface area contributed by atoms with E-state index in [1.54, 1.807) is 0 Å². The van der Waals surface area contributed by atoms with Crippen LogP contribution in [0.25, 0.3) is 0 Å². The molecule has 0 aliphatic heterocycles. The summed E-state index contributed by atoms with van der Waals surface area (Å²) in [6.45, 7) is 2.18. The van der Waals surface area contributed by atoms with E-state index in [1.807, 2.05) is 0 Å². The first-order valence-corrected chi connectivity index (χ1v) is 11.1. The smallest absolute Gasteiger partial charge is 0.0840 e. The average molecular weight is 339 g/mol. The van der Waals surface area contributed by atoms with Crippen molar-refractivity contribution in [2.24, 2.45) is 5.92 Å². The molecule has 2 fully saturated rings. The first-order chi connectivity index (χ1) is 11.8. The Hall–Kier alpha value is -0.0800. The largest absolute Gasteiger partial charge is 0.390 e. The molecule has 0 bridgehead atoms. The molecule has 2 aliphatic carbocycles. The van der Waals surface area contributed by atoms with Gasteiger partial charge in [0, 0.05) is 0 Å². The van der Waals surface area contributed by atoms with Gasteiger partial charge in [-0.3, -0.25) is 0 Å². The van der Waals surface area contributed by atoms with Gasteiger partial charge in [-0.1, -0.05) is 90.4 Å². The molecule has 2 rings (SSSR count). The lowest BCUT2D eigenvalue weighted by molar-refractivity contribution is -0.115. The predicted octanol–water partition coefficient (Wildman–Crippen LogP) is 6.40. The third-order valence-electron chi connectivity index (χ3n) is 6.28. The zero-order valence-corrected chi connectivity index (χ0v) is 16.2. The molecule has 0 radical (unpaired) electrons. The summed E-state index contributed by atoms with van der Waals surface area (Å²) in [7, 11) is 0. The van der Waals surface area contributed by atoms with Crippen LogP contribution < -0.4 is 0 Å². The molecule has 2 heteroatoms. The fourth-order valence-corrected chi connectivity index (χ4v) is 4.54. The minimum atomic E-state index is -0.240. The number of ether oxygens (including phenoxy) is 1. The second kappa shape index (κ2) is 12.3. The van der Waals surface area contributed by atoms with E-state index in [1.165, 1.54) is 96.3 Å². The number of hydrogen-bond acceptors (Lipinski definition) is 2. The summed E-state index contributed by atoms with van der Waals surface area (Å²) in [4.78, 5) is 0. The molecule has 0 saturated heterocycles. The van der Waals surface area contributed by atoms with E-state index in [0.717, 1.165) is 12.8 Å². The van der Waals surface area contributed by atoms with Gasteiger partial charge >= 0.3 is 0 Å². The van der Waals surface area contributed by atoms with Gasteiger partial charge in [0.15, 0.2) is 0 Å². The predicted molar refractivity (Wildman–Crippen MR) is 102 cm³/mol. The standard InChI is InChI=1S/C22H42O2/c1-19-15-14-18-21(22(19)23)24-20-16-12-10-8-6-4-2-3-5-7-9-11-13-17-20/h19-23H,2-18H2,1H3/t19?,21?,22-/m1/s1. The van der Waals surface area contributed by atoms with E-state index in [-0.39, 0.29) is 12.2 Å². The fourth-order valence-electron chi connectivity index (χ4n) is 4.54. The van der Waals surface area contributed by atoms with Gasteiger partial charge in [-0.25, -0.2) is 0 Å². The fraction of sp³-hybridized carbons (Fsp3) is 1.00. The maximum atomic E-state index is 10.5. The summed E-state index contributed by atoms with van der Waals surface area (Å²) < 4.78 is 6.45. The average Bonchev–Trinajstić information content (AvgIpc) is 2.59. The van der Waals surface area contributed by atoms with Crippen LogP contribution in [0.1, 0.15) is 116 Å². The van der Waals surface area contributed by atoms with Gasteiger partial charge in [-0.05, 0) is 31.6 Å². The van der Waals surface area contributed by atoms with Crippen molar-refractivity contribution >= 4 is 0 Å². The first kappa shape index (κ1) is 20.2. The summed E-state index contributed by atoms with van der Waals surface area (Å²) in [5, 5.41) is 10.5. The second-order valence-electron chi connectivity index (χ2n) is 8.52. The Kier molecular flexibility index (Phi) is 10.4. The Bertz CT molecular complexity index is 288. The molecule has 2 saturated carbocycles. The summed E-state index contributed by atoms with van der Waals surface area (Å²) in [5.74, 6) is 0.408. The van der Waals surface area contributed by atoms with Gasteiger partial charge in [0.25, 0.3) is 0 Å². The van der Waals surface area contributed by atoms with Gasteiger partial charge in [0.05, 0.1) is 18.3 Å². The highest BCUT2D eigenvalue weighted by atomic mass is 16.5. The van der Waals surface area contributed by atoms with Gasteiger partial charge in [-0.2, -0.15) is 0 Å². The van der Waals surface area contributed by atoms with Crippen molar-refractivity contribution in [2.45, 2.75) is 134 Å². The van der Waals surface area contributed by atoms with Crippen molar-refractivity contribution in [3.8, 4) is 0 Å². The highest BCUT2D eigenvalue weighted by Gasteiger charge is 2.31. The summed E-state index contributed by atoms with van der Waals surface area (Å²) in [6.07, 6.45) is 22.8. The lowest BCUT2D eigenvalue weighted by atomic mass is 9.85. The quantitative estimate of drug-likeness (QED) is 0.631. The zero-order chi connectivity index (χ0) is 17.0.